The van der Waals surface area contributed by atoms with E-state index < -0.39 is 17.0 Å². The molecule has 162 valence electrons. The summed E-state index contributed by atoms with van der Waals surface area (Å²) in [6, 6.07) is 7.77. The quantitative estimate of drug-likeness (QED) is 0.456. The summed E-state index contributed by atoms with van der Waals surface area (Å²) in [5, 5.41) is 0.460. The molecule has 4 rings (SSSR count). The van der Waals surface area contributed by atoms with Gasteiger partial charge in [0.2, 0.25) is 0 Å². The Morgan fingerprint density at radius 2 is 1.97 bits per heavy atom. The molecule has 31 heavy (non-hydrogen) atoms. The predicted octanol–water partition coefficient (Wildman–Crippen LogP) is 3.01. The van der Waals surface area contributed by atoms with E-state index in [1.165, 1.54) is 0 Å². The van der Waals surface area contributed by atoms with Crippen molar-refractivity contribution in [2.45, 2.75) is 44.4 Å². The third-order valence-corrected chi connectivity index (χ3v) is 6.33. The van der Waals surface area contributed by atoms with E-state index in [0.717, 1.165) is 33.6 Å². The van der Waals surface area contributed by atoms with Crippen LogP contribution in [0.1, 0.15) is 30.7 Å². The Kier molecular flexibility index (Phi) is 8.07. The molecule has 0 saturated carbocycles. The zero-order valence-corrected chi connectivity index (χ0v) is 18.5. The van der Waals surface area contributed by atoms with Gasteiger partial charge in [0.1, 0.15) is 5.75 Å². The van der Waals surface area contributed by atoms with E-state index in [9.17, 15) is 4.55 Å². The molecule has 1 saturated heterocycles. The molecular weight excluding hydrogens is 425 g/mol. The van der Waals surface area contributed by atoms with E-state index in [4.69, 9.17) is 14.2 Å². The van der Waals surface area contributed by atoms with Gasteiger partial charge in [0, 0.05) is 28.9 Å². The van der Waals surface area contributed by atoms with Gasteiger partial charge in [-0.2, -0.15) is 4.98 Å². The molecule has 3 aromatic rings. The van der Waals surface area contributed by atoms with Crippen LogP contribution in [0.15, 0.2) is 35.6 Å². The van der Waals surface area contributed by atoms with Crippen molar-refractivity contribution < 1.29 is 18.8 Å². The molecular formula is C22H28N3NaO4S. The van der Waals surface area contributed by atoms with E-state index in [0.29, 0.717) is 25.0 Å². The third-order valence-electron chi connectivity index (χ3n) is 5.17. The van der Waals surface area contributed by atoms with Crippen LogP contribution in [0.25, 0.3) is 11.0 Å². The third kappa shape index (κ3) is 6.01. The summed E-state index contributed by atoms with van der Waals surface area (Å²) in [5.74, 6) is 0.644. The molecule has 1 aliphatic rings. The number of nitrogens with one attached hydrogen (secondary N) is 1. The summed E-state index contributed by atoms with van der Waals surface area (Å²) in [6.45, 7) is 9.45. The van der Waals surface area contributed by atoms with Crippen LogP contribution in [0, 0.1) is 19.8 Å². The van der Waals surface area contributed by atoms with Crippen LogP contribution in [0.4, 0.5) is 0 Å². The van der Waals surface area contributed by atoms with Gasteiger partial charge in [0.05, 0.1) is 36.5 Å². The first-order valence-electron chi connectivity index (χ1n) is 10.0. The van der Waals surface area contributed by atoms with Gasteiger partial charge in [-0.3, -0.25) is 9.97 Å². The molecule has 7 nitrogen and oxygen atoms in total. The van der Waals surface area contributed by atoms with Crippen LogP contribution in [-0.4, -0.2) is 74.7 Å². The Bertz CT molecular complexity index is 1030. The van der Waals surface area contributed by atoms with Gasteiger partial charge in [-0.25, -0.2) is 0 Å². The molecule has 0 amide bonds. The molecule has 3 heterocycles. The van der Waals surface area contributed by atoms with Crippen LogP contribution >= 0.6 is 0 Å². The average molecular weight is 454 g/mol. The fourth-order valence-electron chi connectivity index (χ4n) is 3.28. The normalized spacial score (nSPS) is 17.3. The first-order chi connectivity index (χ1) is 14.3. The van der Waals surface area contributed by atoms with Gasteiger partial charge < -0.3 is 18.8 Å². The van der Waals surface area contributed by atoms with E-state index in [2.05, 4.69) is 15.0 Å². The molecule has 1 fully saturated rings. The number of pyridine rings is 1. The van der Waals surface area contributed by atoms with Crippen molar-refractivity contribution in [3.05, 3.63) is 47.3 Å². The van der Waals surface area contributed by atoms with Crippen molar-refractivity contribution in [1.82, 2.24) is 15.0 Å². The second-order valence-corrected chi connectivity index (χ2v) is 9.50. The number of hydrogen-bond acceptors (Lipinski definition) is 6. The van der Waals surface area contributed by atoms with Crippen molar-refractivity contribution >= 4 is 51.8 Å². The number of aryl methyl sites for hydroxylation is 1. The molecule has 0 spiro atoms. The van der Waals surface area contributed by atoms with Gasteiger partial charge >= 0.3 is 34.7 Å². The zero-order valence-electron chi connectivity index (χ0n) is 17.7. The Hall–Kier alpha value is -1.13. The fraction of sp³-hybridized carbons (Fsp3) is 0.455. The van der Waals surface area contributed by atoms with Crippen LogP contribution in [0.5, 0.6) is 5.75 Å². The molecule has 0 aliphatic carbocycles. The molecule has 9 heteroatoms. The van der Waals surface area contributed by atoms with Crippen LogP contribution in [0.3, 0.4) is 0 Å². The summed E-state index contributed by atoms with van der Waals surface area (Å²) in [5.41, 5.74) is 4.44. The predicted molar refractivity (Wildman–Crippen MR) is 122 cm³/mol. The summed E-state index contributed by atoms with van der Waals surface area (Å²) >= 11 is -1.33. The van der Waals surface area contributed by atoms with E-state index >= 15 is 0 Å². The van der Waals surface area contributed by atoms with Gasteiger partial charge in [-0.15, -0.1) is 0 Å². The van der Waals surface area contributed by atoms with Crippen molar-refractivity contribution in [2.75, 3.05) is 19.8 Å². The topological polar surface area (TPSA) is 92.3 Å². The van der Waals surface area contributed by atoms with Crippen molar-refractivity contribution in [3.8, 4) is 5.75 Å². The molecule has 1 aromatic carbocycles. The second kappa shape index (κ2) is 10.2. The molecule has 1 atom stereocenters. The minimum atomic E-state index is -1.33. The zero-order chi connectivity index (χ0) is 21.3. The number of rotatable bonds is 6. The van der Waals surface area contributed by atoms with Gasteiger partial charge in [-0.1, -0.05) is 6.07 Å². The maximum atomic E-state index is 12.9. The summed E-state index contributed by atoms with van der Waals surface area (Å²) in [6.07, 6.45) is 1.69. The number of H-pyrrole nitrogens is 1. The van der Waals surface area contributed by atoms with Crippen molar-refractivity contribution in [3.63, 3.8) is 0 Å². The van der Waals surface area contributed by atoms with Gasteiger partial charge in [0.25, 0.3) is 0 Å². The molecule has 1 aliphatic heterocycles. The standard InChI is InChI=1S/C22H27N3O4S.Na.H/c1-14-5-6-17-18(9-14)25-21(24-17)30(26)13-19-15(2)20(7-8-23-19)27-10-16-11-28-22(3,4)29-12-16;;/h5-9,16H,10-13H2,1-4H3,(H,24,25);;. The van der Waals surface area contributed by atoms with Gasteiger partial charge in [-0.05, 0) is 51.5 Å². The minimum absolute atomic E-state index is 0. The molecule has 0 bridgehead atoms. The summed E-state index contributed by atoms with van der Waals surface area (Å²) < 4.78 is 30.3. The average Bonchev–Trinajstić information content (AvgIpc) is 3.13. The first-order valence-corrected chi connectivity index (χ1v) is 11.3. The van der Waals surface area contributed by atoms with Crippen LogP contribution < -0.4 is 4.74 Å². The number of imidazole rings is 1. The fourth-order valence-corrected chi connectivity index (χ4v) is 4.38. The van der Waals surface area contributed by atoms with E-state index in [1.807, 2.05) is 52.0 Å². The molecule has 1 unspecified atom stereocenters. The van der Waals surface area contributed by atoms with Crippen molar-refractivity contribution in [1.29, 1.82) is 0 Å². The van der Waals surface area contributed by atoms with Crippen molar-refractivity contribution in [2.24, 2.45) is 5.92 Å². The SMILES string of the molecule is Cc1ccc2[nH]c([S+]([O-])Cc3nccc(OCC4COC(C)(C)OC4)c3C)nc2c1.[NaH]. The monoisotopic (exact) mass is 453 g/mol. The Balaban J connectivity index is 0.00000272. The Morgan fingerprint density at radius 1 is 1.23 bits per heavy atom. The molecule has 1 N–H and O–H groups in total. The number of hydrogen-bond donors (Lipinski definition) is 1. The van der Waals surface area contributed by atoms with E-state index in [1.54, 1.807) is 6.20 Å². The van der Waals surface area contributed by atoms with E-state index in [-0.39, 0.29) is 41.2 Å². The number of ether oxygens (including phenoxy) is 3. The van der Waals surface area contributed by atoms with Crippen LogP contribution in [-0.2, 0) is 26.4 Å². The number of nitrogens with zero attached hydrogens (tertiary/aromatic N) is 2. The number of fused-ring (bicyclic) bond motifs is 1. The maximum absolute atomic E-state index is 12.9. The molecule has 0 radical (unpaired) electrons. The molecule has 2 aromatic heterocycles. The number of aromatic amines is 1. The van der Waals surface area contributed by atoms with Crippen LogP contribution in [0.2, 0.25) is 0 Å². The van der Waals surface area contributed by atoms with Gasteiger partial charge in [0.15, 0.2) is 11.5 Å². The Labute approximate surface area is 207 Å². The number of aromatic nitrogens is 3. The summed E-state index contributed by atoms with van der Waals surface area (Å²) in [7, 11) is 0. The first kappa shape index (κ1) is 24.5. The second-order valence-electron chi connectivity index (χ2n) is 8.13. The number of benzene rings is 1. The Morgan fingerprint density at radius 3 is 2.71 bits per heavy atom. The summed E-state index contributed by atoms with van der Waals surface area (Å²) in [4.78, 5) is 12.1.